The number of ketones is 1. The van der Waals surface area contributed by atoms with Crippen LogP contribution in [0.25, 0.3) is 0 Å². The first-order valence-corrected chi connectivity index (χ1v) is 4.71. The van der Waals surface area contributed by atoms with Gasteiger partial charge in [-0.3, -0.25) is 4.79 Å². The van der Waals surface area contributed by atoms with Crippen molar-refractivity contribution >= 4 is 5.78 Å². The zero-order valence-electron chi connectivity index (χ0n) is 8.51. The predicted octanol–water partition coefficient (Wildman–Crippen LogP) is 4.15. The lowest BCUT2D eigenvalue weighted by Gasteiger charge is -2.12. The molecule has 0 bridgehead atoms. The second kappa shape index (κ2) is 5.09. The molecule has 0 N–H and O–H groups in total. The summed E-state index contributed by atoms with van der Waals surface area (Å²) < 4.78 is 50.3. The van der Waals surface area contributed by atoms with Crippen LogP contribution in [0.1, 0.15) is 47.7 Å². The highest BCUT2D eigenvalue weighted by Crippen LogP contribution is 2.33. The lowest BCUT2D eigenvalue weighted by Crippen LogP contribution is -2.06. The molecule has 1 aromatic rings. The van der Waals surface area contributed by atoms with Crippen molar-refractivity contribution in [2.24, 2.45) is 0 Å². The molecule has 0 radical (unpaired) electrons. The predicted molar refractivity (Wildman–Crippen MR) is 51.0 cm³/mol. The van der Waals surface area contributed by atoms with Crippen LogP contribution in [-0.2, 0) is 0 Å². The molecule has 0 aliphatic rings. The van der Waals surface area contributed by atoms with E-state index in [4.69, 9.17) is 0 Å². The van der Waals surface area contributed by atoms with E-state index in [1.807, 2.05) is 0 Å². The summed E-state index contributed by atoms with van der Waals surface area (Å²) in [5.41, 5.74) is -1.92. The van der Waals surface area contributed by atoms with Crippen LogP contribution in [0.3, 0.4) is 0 Å². The van der Waals surface area contributed by atoms with E-state index in [2.05, 4.69) is 0 Å². The molecule has 5 heteroatoms. The normalized spacial score (nSPS) is 11.2. The molecule has 1 rings (SSSR count). The Labute approximate surface area is 90.1 Å². The number of halogens is 4. The van der Waals surface area contributed by atoms with Crippen molar-refractivity contribution in [2.45, 2.75) is 26.2 Å². The Morgan fingerprint density at radius 2 is 1.81 bits per heavy atom. The first-order chi connectivity index (χ1) is 7.49. The minimum Gasteiger partial charge on any atom is -0.294 e. The maximum atomic E-state index is 12.7. The summed E-state index contributed by atoms with van der Waals surface area (Å²) >= 11 is 0. The van der Waals surface area contributed by atoms with Crippen molar-refractivity contribution in [1.29, 1.82) is 0 Å². The highest BCUT2D eigenvalue weighted by atomic mass is 19.3. The molecule has 16 heavy (non-hydrogen) atoms. The molecule has 1 aromatic carbocycles. The molecule has 0 aliphatic heterocycles. The summed E-state index contributed by atoms with van der Waals surface area (Å²) in [5.74, 6) is -0.558. The first-order valence-electron chi connectivity index (χ1n) is 4.71. The standard InChI is InChI=1S/C11H10F4O/c1-2-8(16)6-4-3-5-7(10(12)13)9(6)11(14)15/h3-5,10-11H,2H2,1H3. The van der Waals surface area contributed by atoms with Crippen molar-refractivity contribution in [3.8, 4) is 0 Å². The molecule has 1 nitrogen and oxygen atoms in total. The average Bonchev–Trinajstić information content (AvgIpc) is 2.26. The summed E-state index contributed by atoms with van der Waals surface area (Å²) in [6, 6.07) is 3.26. The van der Waals surface area contributed by atoms with Crippen LogP contribution in [0, 0.1) is 0 Å². The molecular weight excluding hydrogens is 224 g/mol. The van der Waals surface area contributed by atoms with Gasteiger partial charge < -0.3 is 0 Å². The molecule has 0 unspecified atom stereocenters. The SMILES string of the molecule is CCC(=O)c1cccc(C(F)F)c1C(F)F. The minimum atomic E-state index is -3.07. The van der Waals surface area contributed by atoms with Gasteiger partial charge in [0.15, 0.2) is 5.78 Å². The number of rotatable bonds is 4. The molecule has 88 valence electrons. The van der Waals surface area contributed by atoms with E-state index < -0.39 is 29.8 Å². The van der Waals surface area contributed by atoms with Crippen LogP contribution in [0.5, 0.6) is 0 Å². The Bertz CT molecular complexity index is 388. The van der Waals surface area contributed by atoms with Crippen molar-refractivity contribution in [2.75, 3.05) is 0 Å². The number of carbonyl (C=O) groups is 1. The second-order valence-corrected chi connectivity index (χ2v) is 3.19. The van der Waals surface area contributed by atoms with Gasteiger partial charge in [-0.1, -0.05) is 25.1 Å². The van der Waals surface area contributed by atoms with Gasteiger partial charge in [0.05, 0.1) is 0 Å². The average molecular weight is 234 g/mol. The Morgan fingerprint density at radius 1 is 1.19 bits per heavy atom. The van der Waals surface area contributed by atoms with Gasteiger partial charge in [0, 0.05) is 23.1 Å². The third-order valence-electron chi connectivity index (χ3n) is 2.21. The van der Waals surface area contributed by atoms with E-state index >= 15 is 0 Å². The van der Waals surface area contributed by atoms with Gasteiger partial charge in [-0.15, -0.1) is 0 Å². The van der Waals surface area contributed by atoms with E-state index in [9.17, 15) is 22.4 Å². The minimum absolute atomic E-state index is 0.00636. The molecule has 0 fully saturated rings. The number of alkyl halides is 4. The van der Waals surface area contributed by atoms with Crippen LogP contribution >= 0.6 is 0 Å². The third kappa shape index (κ3) is 2.40. The lowest BCUT2D eigenvalue weighted by molar-refractivity contribution is 0.0966. The van der Waals surface area contributed by atoms with E-state index in [0.717, 1.165) is 12.1 Å². The van der Waals surface area contributed by atoms with E-state index in [0.29, 0.717) is 0 Å². The second-order valence-electron chi connectivity index (χ2n) is 3.19. The van der Waals surface area contributed by atoms with Gasteiger partial charge in [-0.05, 0) is 0 Å². The number of Topliss-reactive ketones (excluding diaryl/α,β-unsaturated/α-hetero) is 1. The Balaban J connectivity index is 3.38. The Hall–Kier alpha value is -1.39. The number of hydrogen-bond acceptors (Lipinski definition) is 1. The van der Waals surface area contributed by atoms with Crippen LogP contribution in [0.15, 0.2) is 18.2 Å². The van der Waals surface area contributed by atoms with Gasteiger partial charge in [0.2, 0.25) is 0 Å². The van der Waals surface area contributed by atoms with Gasteiger partial charge in [0.25, 0.3) is 12.9 Å². The largest absolute Gasteiger partial charge is 0.294 e. The topological polar surface area (TPSA) is 17.1 Å². The highest BCUT2D eigenvalue weighted by molar-refractivity contribution is 5.97. The number of hydrogen-bond donors (Lipinski definition) is 0. The van der Waals surface area contributed by atoms with E-state index in [1.165, 1.54) is 13.0 Å². The zero-order chi connectivity index (χ0) is 12.3. The molecular formula is C11H10F4O. The first kappa shape index (κ1) is 12.7. The molecule has 0 heterocycles. The van der Waals surface area contributed by atoms with Crippen molar-refractivity contribution < 1.29 is 22.4 Å². The summed E-state index contributed by atoms with van der Waals surface area (Å²) in [4.78, 5) is 11.3. The molecule has 0 amide bonds. The Kier molecular flexibility index (Phi) is 4.04. The molecule has 0 atom stereocenters. The molecule has 0 spiro atoms. The summed E-state index contributed by atoms with van der Waals surface area (Å²) in [7, 11) is 0. The monoisotopic (exact) mass is 234 g/mol. The maximum Gasteiger partial charge on any atom is 0.265 e. The van der Waals surface area contributed by atoms with Crippen LogP contribution in [0.2, 0.25) is 0 Å². The van der Waals surface area contributed by atoms with Gasteiger partial charge in [-0.2, -0.15) is 0 Å². The lowest BCUT2D eigenvalue weighted by atomic mass is 9.97. The van der Waals surface area contributed by atoms with Crippen molar-refractivity contribution in [3.05, 3.63) is 34.9 Å². The van der Waals surface area contributed by atoms with E-state index in [-0.39, 0.29) is 12.0 Å². The highest BCUT2D eigenvalue weighted by Gasteiger charge is 2.24. The van der Waals surface area contributed by atoms with Gasteiger partial charge in [0.1, 0.15) is 0 Å². The van der Waals surface area contributed by atoms with Crippen LogP contribution in [-0.4, -0.2) is 5.78 Å². The smallest absolute Gasteiger partial charge is 0.265 e. The zero-order valence-corrected chi connectivity index (χ0v) is 8.51. The molecule has 0 saturated carbocycles. The number of benzene rings is 1. The fraction of sp³-hybridized carbons (Fsp3) is 0.364. The fourth-order valence-electron chi connectivity index (χ4n) is 1.45. The maximum absolute atomic E-state index is 12.7. The van der Waals surface area contributed by atoms with Crippen LogP contribution < -0.4 is 0 Å². The number of carbonyl (C=O) groups excluding carboxylic acids is 1. The molecule has 0 saturated heterocycles. The third-order valence-corrected chi connectivity index (χ3v) is 2.21. The summed E-state index contributed by atoms with van der Waals surface area (Å²) in [5, 5.41) is 0. The van der Waals surface area contributed by atoms with Crippen LogP contribution in [0.4, 0.5) is 17.6 Å². The quantitative estimate of drug-likeness (QED) is 0.564. The van der Waals surface area contributed by atoms with Gasteiger partial charge >= 0.3 is 0 Å². The summed E-state index contributed by atoms with van der Waals surface area (Å²) in [6.07, 6.45) is -6.07. The molecule has 0 aliphatic carbocycles. The van der Waals surface area contributed by atoms with Gasteiger partial charge in [-0.25, -0.2) is 17.6 Å². The molecule has 0 aromatic heterocycles. The van der Waals surface area contributed by atoms with E-state index in [1.54, 1.807) is 0 Å². The Morgan fingerprint density at radius 3 is 2.25 bits per heavy atom. The van der Waals surface area contributed by atoms with Crippen molar-refractivity contribution in [1.82, 2.24) is 0 Å². The van der Waals surface area contributed by atoms with Crippen molar-refractivity contribution in [3.63, 3.8) is 0 Å². The summed E-state index contributed by atoms with van der Waals surface area (Å²) in [6.45, 7) is 1.49. The fourth-order valence-corrected chi connectivity index (χ4v) is 1.45.